The Labute approximate surface area is 156 Å². The molecule has 0 saturated heterocycles. The highest BCUT2D eigenvalue weighted by Gasteiger charge is 2.19. The van der Waals surface area contributed by atoms with Crippen molar-refractivity contribution in [3.05, 3.63) is 59.2 Å². The summed E-state index contributed by atoms with van der Waals surface area (Å²) in [5.41, 5.74) is 2.94. The van der Waals surface area contributed by atoms with Crippen LogP contribution in [0.1, 0.15) is 36.1 Å². The van der Waals surface area contributed by atoms with Gasteiger partial charge in [0.05, 0.1) is 13.7 Å². The van der Waals surface area contributed by atoms with Crippen molar-refractivity contribution >= 4 is 0 Å². The number of aryl methyl sites for hydroxylation is 2. The Balaban J connectivity index is 0.00000312. The number of phenols is 1. The zero-order chi connectivity index (χ0) is 17.5. The maximum atomic E-state index is 10.5. The normalized spacial score (nSPS) is 13.0. The van der Waals surface area contributed by atoms with Crippen LogP contribution in [0.4, 0.5) is 0 Å². The predicted octanol–water partition coefficient (Wildman–Crippen LogP) is -0.669. The number of quaternary nitrogens is 1. The molecule has 0 aliphatic carbocycles. The number of halogens is 1. The largest absolute Gasteiger partial charge is 1.00 e. The first-order valence-corrected chi connectivity index (χ1v) is 8.45. The van der Waals surface area contributed by atoms with Gasteiger partial charge in [-0.3, -0.25) is 0 Å². The van der Waals surface area contributed by atoms with Gasteiger partial charge in [0.15, 0.2) is 0 Å². The van der Waals surface area contributed by atoms with Gasteiger partial charge in [-0.2, -0.15) is 0 Å². The molecule has 0 heterocycles. The third-order valence-corrected chi connectivity index (χ3v) is 4.43. The van der Waals surface area contributed by atoms with Gasteiger partial charge in [0.1, 0.15) is 23.6 Å². The first-order valence-electron chi connectivity index (χ1n) is 8.45. The Morgan fingerprint density at radius 2 is 1.80 bits per heavy atom. The number of rotatable bonds is 8. The van der Waals surface area contributed by atoms with E-state index < -0.39 is 6.10 Å². The minimum Gasteiger partial charge on any atom is -1.00 e. The molecule has 2 unspecified atom stereocenters. The molecule has 4 N–H and O–H groups in total. The van der Waals surface area contributed by atoms with E-state index in [1.165, 1.54) is 5.56 Å². The Kier molecular flexibility index (Phi) is 8.76. The third kappa shape index (κ3) is 6.24. The van der Waals surface area contributed by atoms with Gasteiger partial charge < -0.3 is 32.7 Å². The SMILES string of the molecule is COc1ccc(CCC[NH2+]C(C)C(O)c2ccc(O)c(C)c2)cc1.[Cl-]. The standard InChI is InChI=1S/C20H27NO3.ClH/c1-14-13-17(8-11-19(14)22)20(23)15(2)21-12-4-5-16-6-9-18(24-3)10-7-16;/h6-11,13,15,20-23H,4-5,12H2,1-3H3;1H. The number of aliphatic hydroxyl groups excluding tert-OH is 1. The number of hydrogen-bond acceptors (Lipinski definition) is 3. The molecule has 0 aliphatic rings. The summed E-state index contributed by atoms with van der Waals surface area (Å²) < 4.78 is 5.16. The van der Waals surface area contributed by atoms with Crippen LogP contribution < -0.4 is 22.5 Å². The average Bonchev–Trinajstić information content (AvgIpc) is 2.60. The highest BCUT2D eigenvalue weighted by molar-refractivity contribution is 5.36. The number of benzene rings is 2. The molecule has 0 aromatic heterocycles. The van der Waals surface area contributed by atoms with Crippen molar-refractivity contribution in [2.45, 2.75) is 38.8 Å². The summed E-state index contributed by atoms with van der Waals surface area (Å²) in [5, 5.41) is 22.2. The number of hydrogen-bond donors (Lipinski definition) is 3. The van der Waals surface area contributed by atoms with Crippen molar-refractivity contribution in [1.29, 1.82) is 0 Å². The second kappa shape index (κ2) is 10.3. The molecule has 4 nitrogen and oxygen atoms in total. The molecule has 2 aromatic carbocycles. The number of ether oxygens (including phenoxy) is 1. The van der Waals surface area contributed by atoms with Crippen molar-refractivity contribution in [2.75, 3.05) is 13.7 Å². The number of phenolic OH excluding ortho intramolecular Hbond substituents is 1. The minimum absolute atomic E-state index is 0. The Morgan fingerprint density at radius 1 is 1.12 bits per heavy atom. The highest BCUT2D eigenvalue weighted by Crippen LogP contribution is 2.22. The van der Waals surface area contributed by atoms with Crippen molar-refractivity contribution in [1.82, 2.24) is 0 Å². The summed E-state index contributed by atoms with van der Waals surface area (Å²) in [5.74, 6) is 1.15. The first kappa shape index (κ1) is 21.3. The average molecular weight is 366 g/mol. The maximum absolute atomic E-state index is 10.5. The van der Waals surface area contributed by atoms with Gasteiger partial charge in [0.2, 0.25) is 0 Å². The summed E-state index contributed by atoms with van der Waals surface area (Å²) >= 11 is 0. The van der Waals surface area contributed by atoms with Crippen molar-refractivity contribution in [3.8, 4) is 11.5 Å². The predicted molar refractivity (Wildman–Crippen MR) is 95.4 cm³/mol. The van der Waals surface area contributed by atoms with E-state index in [1.807, 2.05) is 32.0 Å². The Morgan fingerprint density at radius 3 is 2.40 bits per heavy atom. The molecule has 5 heteroatoms. The third-order valence-electron chi connectivity index (χ3n) is 4.43. The summed E-state index contributed by atoms with van der Waals surface area (Å²) in [4.78, 5) is 0. The van der Waals surface area contributed by atoms with Crippen LogP contribution in [-0.2, 0) is 6.42 Å². The number of aliphatic hydroxyl groups is 1. The second-order valence-corrected chi connectivity index (χ2v) is 6.33. The van der Waals surface area contributed by atoms with E-state index in [9.17, 15) is 10.2 Å². The Bertz CT molecular complexity index is 646. The summed E-state index contributed by atoms with van der Waals surface area (Å²) in [6, 6.07) is 13.5. The van der Waals surface area contributed by atoms with E-state index in [0.717, 1.165) is 36.3 Å². The van der Waals surface area contributed by atoms with Crippen molar-refractivity contribution in [2.24, 2.45) is 0 Å². The molecule has 2 aromatic rings. The van der Waals surface area contributed by atoms with Gasteiger partial charge in [0.25, 0.3) is 0 Å². The van der Waals surface area contributed by atoms with E-state index in [0.29, 0.717) is 0 Å². The van der Waals surface area contributed by atoms with E-state index >= 15 is 0 Å². The molecule has 0 saturated carbocycles. The van der Waals surface area contributed by atoms with Gasteiger partial charge in [-0.1, -0.05) is 18.2 Å². The smallest absolute Gasteiger partial charge is 0.130 e. The molecular formula is C20H28ClNO3. The van der Waals surface area contributed by atoms with E-state index in [2.05, 4.69) is 17.4 Å². The van der Waals surface area contributed by atoms with Gasteiger partial charge in [-0.05, 0) is 61.2 Å². The summed E-state index contributed by atoms with van der Waals surface area (Å²) in [6.07, 6.45) is 1.53. The lowest BCUT2D eigenvalue weighted by Gasteiger charge is -2.18. The second-order valence-electron chi connectivity index (χ2n) is 6.33. The fraction of sp³-hybridized carbons (Fsp3) is 0.400. The monoisotopic (exact) mass is 365 g/mol. The highest BCUT2D eigenvalue weighted by atomic mass is 35.5. The molecular weight excluding hydrogens is 338 g/mol. The lowest BCUT2D eigenvalue weighted by atomic mass is 10.0. The van der Waals surface area contributed by atoms with E-state index in [4.69, 9.17) is 4.74 Å². The number of aromatic hydroxyl groups is 1. The molecule has 2 rings (SSSR count). The fourth-order valence-electron chi connectivity index (χ4n) is 2.77. The lowest BCUT2D eigenvalue weighted by molar-refractivity contribution is -0.694. The van der Waals surface area contributed by atoms with Gasteiger partial charge in [-0.15, -0.1) is 0 Å². The molecule has 0 fully saturated rings. The van der Waals surface area contributed by atoms with Crippen LogP contribution in [0.15, 0.2) is 42.5 Å². The number of methoxy groups -OCH3 is 1. The van der Waals surface area contributed by atoms with E-state index in [-0.39, 0.29) is 24.2 Å². The minimum atomic E-state index is -0.537. The van der Waals surface area contributed by atoms with Crippen LogP contribution >= 0.6 is 0 Å². The van der Waals surface area contributed by atoms with Crippen molar-refractivity contribution < 1.29 is 32.7 Å². The van der Waals surface area contributed by atoms with Crippen LogP contribution in [-0.4, -0.2) is 29.9 Å². The van der Waals surface area contributed by atoms with Crippen LogP contribution in [0, 0.1) is 6.92 Å². The maximum Gasteiger partial charge on any atom is 0.130 e. The molecule has 0 spiro atoms. The van der Waals surface area contributed by atoms with Gasteiger partial charge in [-0.25, -0.2) is 0 Å². The zero-order valence-corrected chi connectivity index (χ0v) is 15.8. The van der Waals surface area contributed by atoms with Gasteiger partial charge >= 0.3 is 0 Å². The molecule has 0 aliphatic heterocycles. The number of nitrogens with two attached hydrogens (primary N) is 1. The molecule has 138 valence electrons. The molecule has 25 heavy (non-hydrogen) atoms. The van der Waals surface area contributed by atoms with Crippen LogP contribution in [0.5, 0.6) is 11.5 Å². The zero-order valence-electron chi connectivity index (χ0n) is 15.1. The Hall–Kier alpha value is -1.75. The quantitative estimate of drug-likeness (QED) is 0.544. The van der Waals surface area contributed by atoms with Crippen LogP contribution in [0.2, 0.25) is 0 Å². The molecule has 0 radical (unpaired) electrons. The summed E-state index contributed by atoms with van der Waals surface area (Å²) in [7, 11) is 1.67. The van der Waals surface area contributed by atoms with Gasteiger partial charge in [0, 0.05) is 6.42 Å². The molecule has 0 bridgehead atoms. The van der Waals surface area contributed by atoms with Crippen LogP contribution in [0.3, 0.4) is 0 Å². The summed E-state index contributed by atoms with van der Waals surface area (Å²) in [6.45, 7) is 4.83. The first-order chi connectivity index (χ1) is 11.5. The molecule has 0 amide bonds. The molecule has 2 atom stereocenters. The van der Waals surface area contributed by atoms with E-state index in [1.54, 1.807) is 19.2 Å². The fourth-order valence-corrected chi connectivity index (χ4v) is 2.77. The van der Waals surface area contributed by atoms with Crippen molar-refractivity contribution in [3.63, 3.8) is 0 Å². The topological polar surface area (TPSA) is 66.3 Å². The van der Waals surface area contributed by atoms with Crippen LogP contribution in [0.25, 0.3) is 0 Å². The lowest BCUT2D eigenvalue weighted by Crippen LogP contribution is -3.00.